The van der Waals surface area contributed by atoms with E-state index in [4.69, 9.17) is 0 Å². The molecule has 0 aromatic heterocycles. The highest BCUT2D eigenvalue weighted by atomic mass is 35.5. The van der Waals surface area contributed by atoms with Crippen molar-refractivity contribution in [1.82, 2.24) is 10.2 Å². The number of benzene rings is 1. The van der Waals surface area contributed by atoms with Crippen LogP contribution < -0.4 is 5.32 Å². The topological polar surface area (TPSA) is 15.3 Å². The van der Waals surface area contributed by atoms with Crippen molar-refractivity contribution in [2.24, 2.45) is 5.92 Å². The summed E-state index contributed by atoms with van der Waals surface area (Å²) in [6, 6.07) is 6.15. The second kappa shape index (κ2) is 8.54. The van der Waals surface area contributed by atoms with E-state index in [1.807, 2.05) is 0 Å². The summed E-state index contributed by atoms with van der Waals surface area (Å²) in [5.41, 5.74) is 0.496. The second-order valence-electron chi connectivity index (χ2n) is 6.75. The summed E-state index contributed by atoms with van der Waals surface area (Å²) in [7, 11) is 0. The van der Waals surface area contributed by atoms with Crippen molar-refractivity contribution in [3.8, 4) is 0 Å². The molecule has 0 amide bonds. The largest absolute Gasteiger partial charge is 0.416 e. The zero-order valence-electron chi connectivity index (χ0n) is 13.8. The molecule has 3 rings (SSSR count). The number of rotatable bonds is 3. The highest BCUT2D eigenvalue weighted by Crippen LogP contribution is 2.39. The Labute approximate surface area is 148 Å². The molecule has 0 radical (unpaired) electrons. The van der Waals surface area contributed by atoms with Crippen LogP contribution in [0.4, 0.5) is 13.2 Å². The summed E-state index contributed by atoms with van der Waals surface area (Å²) in [5.74, 6) is 0.568. The van der Waals surface area contributed by atoms with Crippen molar-refractivity contribution < 1.29 is 13.2 Å². The molecule has 1 aliphatic carbocycles. The summed E-state index contributed by atoms with van der Waals surface area (Å²) in [6.45, 7) is 3.87. The molecule has 6 heteroatoms. The number of halogens is 4. The van der Waals surface area contributed by atoms with Crippen molar-refractivity contribution in [2.75, 3.05) is 26.2 Å². The fraction of sp³-hybridized carbons (Fsp3) is 0.667. The van der Waals surface area contributed by atoms with Gasteiger partial charge in [0.2, 0.25) is 0 Å². The molecule has 1 atom stereocenters. The molecule has 0 bridgehead atoms. The number of nitrogens with zero attached hydrogens (tertiary/aromatic N) is 1. The quantitative estimate of drug-likeness (QED) is 0.841. The first kappa shape index (κ1) is 19.5. The van der Waals surface area contributed by atoms with Gasteiger partial charge in [0.15, 0.2) is 0 Å². The van der Waals surface area contributed by atoms with Gasteiger partial charge >= 0.3 is 6.18 Å². The third kappa shape index (κ3) is 4.64. The SMILES string of the molecule is Cl.FC(F)(F)c1ccc([C@@H](C2CCCCC2)N2CCNCC2)cc1. The van der Waals surface area contributed by atoms with Gasteiger partial charge in [-0.1, -0.05) is 31.4 Å². The van der Waals surface area contributed by atoms with Crippen LogP contribution in [0.25, 0.3) is 0 Å². The molecule has 1 aliphatic heterocycles. The van der Waals surface area contributed by atoms with Gasteiger partial charge in [-0.3, -0.25) is 4.90 Å². The van der Waals surface area contributed by atoms with Crippen molar-refractivity contribution in [1.29, 1.82) is 0 Å². The zero-order chi connectivity index (χ0) is 16.3. The maximum absolute atomic E-state index is 12.8. The molecule has 24 heavy (non-hydrogen) atoms. The van der Waals surface area contributed by atoms with Crippen LogP contribution in [0, 0.1) is 5.92 Å². The highest BCUT2D eigenvalue weighted by Gasteiger charge is 2.33. The first-order valence-corrected chi connectivity index (χ1v) is 8.67. The van der Waals surface area contributed by atoms with Crippen molar-refractivity contribution in [3.05, 3.63) is 35.4 Å². The maximum Gasteiger partial charge on any atom is 0.416 e. The van der Waals surface area contributed by atoms with Gasteiger partial charge in [0.25, 0.3) is 0 Å². The van der Waals surface area contributed by atoms with Gasteiger partial charge in [-0.25, -0.2) is 0 Å². The van der Waals surface area contributed by atoms with E-state index >= 15 is 0 Å². The van der Waals surface area contributed by atoms with Crippen LogP contribution >= 0.6 is 12.4 Å². The van der Waals surface area contributed by atoms with Gasteiger partial charge in [-0.05, 0) is 36.5 Å². The Bertz CT molecular complexity index is 474. The van der Waals surface area contributed by atoms with E-state index in [0.717, 1.165) is 31.7 Å². The average molecular weight is 363 g/mol. The Hall–Kier alpha value is -0.780. The average Bonchev–Trinajstić information content (AvgIpc) is 2.57. The predicted molar refractivity (Wildman–Crippen MR) is 92.5 cm³/mol. The Morgan fingerprint density at radius 3 is 2.08 bits per heavy atom. The summed E-state index contributed by atoms with van der Waals surface area (Å²) < 4.78 is 38.4. The van der Waals surface area contributed by atoms with Gasteiger partial charge in [-0.2, -0.15) is 13.2 Å². The smallest absolute Gasteiger partial charge is 0.314 e. The van der Waals surface area contributed by atoms with Crippen LogP contribution in [-0.2, 0) is 6.18 Å². The fourth-order valence-electron chi connectivity index (χ4n) is 4.06. The molecule has 1 saturated carbocycles. The zero-order valence-corrected chi connectivity index (χ0v) is 14.6. The van der Waals surface area contributed by atoms with Crippen LogP contribution in [0.15, 0.2) is 24.3 Å². The van der Waals surface area contributed by atoms with Gasteiger partial charge in [0.05, 0.1) is 5.56 Å². The van der Waals surface area contributed by atoms with E-state index in [9.17, 15) is 13.2 Å². The summed E-state index contributed by atoms with van der Waals surface area (Å²) in [4.78, 5) is 2.47. The maximum atomic E-state index is 12.8. The number of nitrogens with one attached hydrogen (secondary N) is 1. The van der Waals surface area contributed by atoms with Gasteiger partial charge in [0.1, 0.15) is 0 Å². The Kier molecular flexibility index (Phi) is 6.96. The van der Waals surface area contributed by atoms with Crippen LogP contribution in [0.1, 0.15) is 49.3 Å². The molecule has 2 fully saturated rings. The van der Waals surface area contributed by atoms with E-state index < -0.39 is 11.7 Å². The molecule has 1 heterocycles. The highest BCUT2D eigenvalue weighted by molar-refractivity contribution is 5.85. The van der Waals surface area contributed by atoms with Crippen LogP contribution in [0.3, 0.4) is 0 Å². The first-order chi connectivity index (χ1) is 11.1. The minimum Gasteiger partial charge on any atom is -0.314 e. The molecular weight excluding hydrogens is 337 g/mol. The Morgan fingerprint density at radius 1 is 0.958 bits per heavy atom. The predicted octanol–water partition coefficient (Wildman–Crippen LogP) is 4.65. The van der Waals surface area contributed by atoms with E-state index in [0.29, 0.717) is 5.92 Å². The normalized spacial score (nSPS) is 22.0. The molecule has 0 unspecified atom stereocenters. The van der Waals surface area contributed by atoms with Crippen molar-refractivity contribution >= 4 is 12.4 Å². The summed E-state index contributed by atoms with van der Waals surface area (Å²) >= 11 is 0. The standard InChI is InChI=1S/C18H25F3N2.ClH/c19-18(20,21)16-8-6-15(7-9-16)17(14-4-2-1-3-5-14)23-12-10-22-11-13-23;/h6-9,14,17,22H,1-5,10-13H2;1H/t17-;/m1./s1. The lowest BCUT2D eigenvalue weighted by Gasteiger charge is -2.41. The lowest BCUT2D eigenvalue weighted by atomic mass is 9.80. The molecule has 1 aromatic carbocycles. The molecule has 0 spiro atoms. The van der Waals surface area contributed by atoms with E-state index in [1.165, 1.54) is 44.2 Å². The van der Waals surface area contributed by atoms with E-state index in [2.05, 4.69) is 10.2 Å². The minimum absolute atomic E-state index is 0. The van der Waals surface area contributed by atoms with Crippen LogP contribution in [0.5, 0.6) is 0 Å². The molecule has 1 saturated heterocycles. The van der Waals surface area contributed by atoms with Gasteiger partial charge in [0, 0.05) is 32.2 Å². The van der Waals surface area contributed by atoms with E-state index in [1.54, 1.807) is 12.1 Å². The van der Waals surface area contributed by atoms with E-state index in [-0.39, 0.29) is 18.4 Å². The molecule has 2 nitrogen and oxygen atoms in total. The summed E-state index contributed by atoms with van der Waals surface area (Å²) in [6.07, 6.45) is 1.90. The lowest BCUT2D eigenvalue weighted by Crippen LogP contribution is -2.47. The first-order valence-electron chi connectivity index (χ1n) is 8.67. The third-order valence-electron chi connectivity index (χ3n) is 5.22. The molecule has 136 valence electrons. The van der Waals surface area contributed by atoms with Gasteiger partial charge < -0.3 is 5.32 Å². The lowest BCUT2D eigenvalue weighted by molar-refractivity contribution is -0.137. The number of hydrogen-bond acceptors (Lipinski definition) is 2. The Balaban J connectivity index is 0.00000208. The second-order valence-corrected chi connectivity index (χ2v) is 6.75. The molecule has 1 N–H and O–H groups in total. The fourth-order valence-corrected chi connectivity index (χ4v) is 4.06. The molecular formula is C18H26ClF3N2. The monoisotopic (exact) mass is 362 g/mol. The molecule has 2 aliphatic rings. The summed E-state index contributed by atoms with van der Waals surface area (Å²) in [5, 5.41) is 3.36. The number of hydrogen-bond donors (Lipinski definition) is 1. The number of piperazine rings is 1. The van der Waals surface area contributed by atoms with Crippen molar-refractivity contribution in [2.45, 2.75) is 44.3 Å². The minimum atomic E-state index is -4.26. The Morgan fingerprint density at radius 2 is 1.54 bits per heavy atom. The van der Waals surface area contributed by atoms with Gasteiger partial charge in [-0.15, -0.1) is 12.4 Å². The van der Waals surface area contributed by atoms with Crippen LogP contribution in [-0.4, -0.2) is 31.1 Å². The van der Waals surface area contributed by atoms with Crippen molar-refractivity contribution in [3.63, 3.8) is 0 Å². The number of alkyl halides is 3. The molecule has 1 aromatic rings. The third-order valence-corrected chi connectivity index (χ3v) is 5.22. The van der Waals surface area contributed by atoms with Crippen LogP contribution in [0.2, 0.25) is 0 Å².